The fourth-order valence-corrected chi connectivity index (χ4v) is 4.87. The van der Waals surface area contributed by atoms with E-state index < -0.39 is 33.9 Å². The van der Waals surface area contributed by atoms with Gasteiger partial charge in [-0.05, 0) is 25.0 Å². The number of aromatic carboxylic acids is 1. The Morgan fingerprint density at radius 3 is 2.80 bits per heavy atom. The van der Waals surface area contributed by atoms with Crippen molar-refractivity contribution in [2.75, 3.05) is 7.11 Å². The first-order valence-corrected chi connectivity index (χ1v) is 11.5. The van der Waals surface area contributed by atoms with Crippen LogP contribution in [0.25, 0.3) is 16.8 Å². The summed E-state index contributed by atoms with van der Waals surface area (Å²) in [5.74, 6) is -3.85. The summed E-state index contributed by atoms with van der Waals surface area (Å²) in [6, 6.07) is 2.16. The predicted molar refractivity (Wildman–Crippen MR) is 124 cm³/mol. The molecule has 0 spiro atoms. The Labute approximate surface area is 206 Å². The molecule has 1 unspecified atom stereocenters. The van der Waals surface area contributed by atoms with Gasteiger partial charge < -0.3 is 15.2 Å². The predicted octanol–water partition coefficient (Wildman–Crippen LogP) is 5.40. The molecule has 0 amide bonds. The van der Waals surface area contributed by atoms with Gasteiger partial charge in [0.05, 0.1) is 29.6 Å². The van der Waals surface area contributed by atoms with Gasteiger partial charge in [0.2, 0.25) is 0 Å². The van der Waals surface area contributed by atoms with Crippen LogP contribution in [0.3, 0.4) is 0 Å². The topological polar surface area (TPSA) is 107 Å². The van der Waals surface area contributed by atoms with Gasteiger partial charge in [0.15, 0.2) is 11.6 Å². The van der Waals surface area contributed by atoms with Crippen molar-refractivity contribution in [2.24, 2.45) is 0 Å². The highest BCUT2D eigenvalue weighted by Gasteiger charge is 2.39. The van der Waals surface area contributed by atoms with Crippen LogP contribution >= 0.6 is 22.9 Å². The average molecular weight is 526 g/mol. The normalized spacial score (nSPS) is 19.5. The second-order valence-electron chi connectivity index (χ2n) is 7.89. The quantitative estimate of drug-likeness (QED) is 0.243. The molecule has 184 valence electrons. The second kappa shape index (κ2) is 9.86. The van der Waals surface area contributed by atoms with E-state index in [9.17, 15) is 23.1 Å². The zero-order chi connectivity index (χ0) is 25.3. The third-order valence-corrected chi connectivity index (χ3v) is 6.87. The van der Waals surface area contributed by atoms with E-state index in [1.54, 1.807) is 0 Å². The number of aromatic nitrogens is 2. The van der Waals surface area contributed by atoms with Crippen LogP contribution < -0.4 is 5.48 Å². The van der Waals surface area contributed by atoms with E-state index in [2.05, 4.69) is 15.4 Å². The molecule has 3 aromatic rings. The molecule has 4 N–H and O–H groups in total. The molecule has 1 saturated carbocycles. The molecule has 1 aliphatic rings. The zero-order valence-corrected chi connectivity index (χ0v) is 19.7. The second-order valence-corrected chi connectivity index (χ2v) is 9.18. The van der Waals surface area contributed by atoms with E-state index in [-0.39, 0.29) is 46.1 Å². The molecular formula is C23H19ClF3N3O4S. The fraction of sp³-hybridized carbons (Fsp3) is 0.217. The largest absolute Gasteiger partial charge is 0.477 e. The van der Waals surface area contributed by atoms with Gasteiger partial charge in [-0.2, -0.15) is 0 Å². The van der Waals surface area contributed by atoms with Crippen molar-refractivity contribution < 1.29 is 33.0 Å². The number of rotatable bonds is 7. The van der Waals surface area contributed by atoms with E-state index in [1.807, 2.05) is 0 Å². The summed E-state index contributed by atoms with van der Waals surface area (Å²) in [6.07, 6.45) is 4.83. The number of aromatic amines is 1. The number of aliphatic hydroxyl groups is 1. The molecule has 1 fully saturated rings. The van der Waals surface area contributed by atoms with Crippen molar-refractivity contribution in [1.29, 1.82) is 0 Å². The molecule has 0 radical (unpaired) electrons. The summed E-state index contributed by atoms with van der Waals surface area (Å²) >= 11 is 6.58. The lowest BCUT2D eigenvalue weighted by atomic mass is 9.99. The molecule has 7 nitrogen and oxygen atoms in total. The Balaban J connectivity index is 1.63. The van der Waals surface area contributed by atoms with Crippen molar-refractivity contribution in [3.63, 3.8) is 0 Å². The highest BCUT2D eigenvalue weighted by atomic mass is 35.5. The van der Waals surface area contributed by atoms with Crippen LogP contribution in [0.15, 0.2) is 41.6 Å². The van der Waals surface area contributed by atoms with Crippen LogP contribution in [-0.2, 0) is 10.4 Å². The number of carbonyl (C=O) groups is 1. The maximum absolute atomic E-state index is 14.6. The molecule has 2 aromatic heterocycles. The number of carboxylic acids is 1. The number of nitrogens with zero attached hydrogens (tertiary/aromatic N) is 1. The standard InChI is InChI=1S/C23H19ClF3N3O4S/c1-34-29-8-12(17-15(25)3-2-14(24)19(17)27)6-11-4-5-23(33,7-11)22-28-9-16(30-22)13-10-35-20(18(13)26)21(31)32/h2-3,6,8-10,29,33H,4-5,7H2,1H3,(H,28,30)(H,31,32)/b11-6-,12-8+. The molecule has 0 aliphatic heterocycles. The van der Waals surface area contributed by atoms with E-state index in [0.717, 1.165) is 23.5 Å². The molecule has 1 aromatic carbocycles. The Kier molecular flexibility index (Phi) is 7.04. The number of imidazole rings is 1. The fourth-order valence-electron chi connectivity index (χ4n) is 3.93. The monoisotopic (exact) mass is 525 g/mol. The third-order valence-electron chi connectivity index (χ3n) is 5.64. The average Bonchev–Trinajstić information content (AvgIpc) is 3.54. The summed E-state index contributed by atoms with van der Waals surface area (Å²) in [5, 5.41) is 21.4. The smallest absolute Gasteiger partial charge is 0.348 e. The number of hydroxylamine groups is 1. The molecule has 2 heterocycles. The van der Waals surface area contributed by atoms with E-state index in [4.69, 9.17) is 21.5 Å². The van der Waals surface area contributed by atoms with Crippen LogP contribution in [0, 0.1) is 17.5 Å². The van der Waals surface area contributed by atoms with Crippen molar-refractivity contribution in [2.45, 2.75) is 24.9 Å². The minimum atomic E-state index is -1.45. The highest BCUT2D eigenvalue weighted by Crippen LogP contribution is 2.43. The van der Waals surface area contributed by atoms with Crippen LogP contribution in [0.5, 0.6) is 0 Å². The summed E-state index contributed by atoms with van der Waals surface area (Å²) < 4.78 is 43.5. The van der Waals surface area contributed by atoms with Crippen LogP contribution in [0.1, 0.15) is 40.3 Å². The van der Waals surface area contributed by atoms with Gasteiger partial charge in [0, 0.05) is 29.1 Å². The zero-order valence-electron chi connectivity index (χ0n) is 18.2. The van der Waals surface area contributed by atoms with Gasteiger partial charge >= 0.3 is 5.97 Å². The van der Waals surface area contributed by atoms with E-state index in [1.165, 1.54) is 31.0 Å². The van der Waals surface area contributed by atoms with Gasteiger partial charge in [0.25, 0.3) is 0 Å². The molecule has 0 bridgehead atoms. The third kappa shape index (κ3) is 4.85. The lowest BCUT2D eigenvalue weighted by Gasteiger charge is -2.18. The molecular weight excluding hydrogens is 507 g/mol. The SMILES string of the molecule is CON/C=C(\C=C1\CCC(O)(c2ncc(-c3csc(C(=O)O)c3F)[nH]2)C1)c1c(F)ccc(Cl)c1F. The lowest BCUT2D eigenvalue weighted by Crippen LogP contribution is -2.22. The van der Waals surface area contributed by atoms with Crippen LogP contribution in [0.2, 0.25) is 5.02 Å². The number of carboxylic acid groups (broad SMARTS) is 1. The van der Waals surface area contributed by atoms with Gasteiger partial charge in [-0.1, -0.05) is 23.3 Å². The number of hydrogen-bond donors (Lipinski definition) is 4. The Morgan fingerprint density at radius 1 is 1.34 bits per heavy atom. The molecule has 0 saturated heterocycles. The number of hydrogen-bond acceptors (Lipinski definition) is 6. The van der Waals surface area contributed by atoms with Crippen molar-refractivity contribution in [3.05, 3.63) is 80.3 Å². The molecule has 1 aliphatic carbocycles. The number of benzene rings is 1. The highest BCUT2D eigenvalue weighted by molar-refractivity contribution is 7.12. The van der Waals surface area contributed by atoms with Gasteiger partial charge in [-0.15, -0.1) is 11.3 Å². The summed E-state index contributed by atoms with van der Waals surface area (Å²) in [7, 11) is 1.34. The minimum Gasteiger partial charge on any atom is -0.477 e. The summed E-state index contributed by atoms with van der Waals surface area (Å²) in [5.41, 5.74) is 1.68. The van der Waals surface area contributed by atoms with Crippen molar-refractivity contribution in [1.82, 2.24) is 15.4 Å². The number of nitrogens with one attached hydrogen (secondary N) is 2. The van der Waals surface area contributed by atoms with E-state index in [0.29, 0.717) is 12.0 Å². The maximum atomic E-state index is 14.6. The Hall–Kier alpha value is -3.12. The van der Waals surface area contributed by atoms with Crippen molar-refractivity contribution >= 4 is 34.5 Å². The number of thiophene rings is 1. The Morgan fingerprint density at radius 2 is 2.11 bits per heavy atom. The molecule has 1 atom stereocenters. The number of halogens is 4. The van der Waals surface area contributed by atoms with Gasteiger partial charge in [-0.25, -0.2) is 22.9 Å². The number of H-pyrrole nitrogens is 1. The molecule has 12 heteroatoms. The summed E-state index contributed by atoms with van der Waals surface area (Å²) in [4.78, 5) is 22.5. The van der Waals surface area contributed by atoms with Gasteiger partial charge in [-0.3, -0.25) is 10.3 Å². The first kappa shape index (κ1) is 25.0. The first-order chi connectivity index (χ1) is 16.6. The van der Waals surface area contributed by atoms with Gasteiger partial charge in [0.1, 0.15) is 22.1 Å². The molecule has 35 heavy (non-hydrogen) atoms. The summed E-state index contributed by atoms with van der Waals surface area (Å²) in [6.45, 7) is 0. The molecule has 4 rings (SSSR count). The Bertz CT molecular complexity index is 1350. The van der Waals surface area contributed by atoms with Crippen LogP contribution in [-0.4, -0.2) is 33.3 Å². The van der Waals surface area contributed by atoms with Crippen molar-refractivity contribution in [3.8, 4) is 11.3 Å². The van der Waals surface area contributed by atoms with Crippen LogP contribution in [0.4, 0.5) is 13.2 Å². The minimum absolute atomic E-state index is 0.0336. The van der Waals surface area contributed by atoms with E-state index >= 15 is 0 Å². The number of allylic oxidation sites excluding steroid dienone is 2. The lowest BCUT2D eigenvalue weighted by molar-refractivity contribution is 0.0390. The maximum Gasteiger partial charge on any atom is 0.348 e. The first-order valence-electron chi connectivity index (χ1n) is 10.2.